The van der Waals surface area contributed by atoms with Crippen LogP contribution in [0.1, 0.15) is 0 Å². The summed E-state index contributed by atoms with van der Waals surface area (Å²) in [6.07, 6.45) is 0. The summed E-state index contributed by atoms with van der Waals surface area (Å²) in [6.45, 7) is 0. The highest BCUT2D eigenvalue weighted by Gasteiger charge is 2.18. The fourth-order valence-corrected chi connectivity index (χ4v) is 5.35. The highest BCUT2D eigenvalue weighted by Crippen LogP contribution is 2.39. The van der Waals surface area contributed by atoms with E-state index >= 15 is 0 Å². The predicted molar refractivity (Wildman–Crippen MR) is 145 cm³/mol. The number of nitrogens with zero attached hydrogens (tertiary/aromatic N) is 2. The Morgan fingerprint density at radius 2 is 1.06 bits per heavy atom. The van der Waals surface area contributed by atoms with Gasteiger partial charge < -0.3 is 18.8 Å². The van der Waals surface area contributed by atoms with Gasteiger partial charge in [-0.05, 0) is 48.5 Å². The van der Waals surface area contributed by atoms with E-state index in [1.807, 2.05) is 18.2 Å². The van der Waals surface area contributed by atoms with Crippen molar-refractivity contribution in [3.05, 3.63) is 115 Å². The zero-order chi connectivity index (χ0) is 23.4. The molecule has 0 radical (unpaired) electrons. The molecular weight excluding hydrogens is 431 g/mol. The third-order valence-corrected chi connectivity index (χ3v) is 6.79. The fraction of sp³-hybridized carbons (Fsp3) is 0. The number of aromatic nitrogens is 2. The largest absolute Gasteiger partial charge is 0.539 e. The van der Waals surface area contributed by atoms with Gasteiger partial charge in [-0.1, -0.05) is 60.7 Å². The van der Waals surface area contributed by atoms with Gasteiger partial charge in [-0.3, -0.25) is 0 Å². The minimum absolute atomic E-state index is 0.353. The first-order valence-corrected chi connectivity index (χ1v) is 11.7. The van der Waals surface area contributed by atoms with E-state index in [0.29, 0.717) is 5.75 Å². The first-order chi connectivity index (χ1) is 17.3. The second-order valence-electron chi connectivity index (χ2n) is 8.70. The number of hydrogen-bond acceptors (Lipinski definition) is 2. The molecule has 0 aliphatic rings. The van der Waals surface area contributed by atoms with Crippen molar-refractivity contribution in [2.24, 2.45) is 0 Å². The lowest BCUT2D eigenvalue weighted by Gasteiger charge is -2.11. The topological polar surface area (TPSA) is 39.3 Å². The Morgan fingerprint density at radius 3 is 1.71 bits per heavy atom. The molecule has 0 aliphatic heterocycles. The van der Waals surface area contributed by atoms with Crippen LogP contribution in [0.2, 0.25) is 0 Å². The maximum Gasteiger partial charge on any atom is 0.504 e. The Bertz CT molecular complexity index is 1870. The highest BCUT2D eigenvalue weighted by molar-refractivity contribution is 6.19. The highest BCUT2D eigenvalue weighted by atomic mass is 16.5. The summed E-state index contributed by atoms with van der Waals surface area (Å²) in [6, 6.07) is 40.1. The van der Waals surface area contributed by atoms with Crippen molar-refractivity contribution in [1.29, 1.82) is 0 Å². The van der Waals surface area contributed by atoms with Gasteiger partial charge in [0.2, 0.25) is 0 Å². The molecule has 0 saturated carbocycles. The molecule has 0 atom stereocenters. The third-order valence-electron chi connectivity index (χ3n) is 6.79. The van der Waals surface area contributed by atoms with Crippen molar-refractivity contribution in [3.8, 4) is 17.1 Å². The van der Waals surface area contributed by atoms with E-state index in [1.54, 1.807) is 0 Å². The molecule has 5 aromatic carbocycles. The molecule has 0 bridgehead atoms. The van der Waals surface area contributed by atoms with E-state index in [-0.39, 0.29) is 7.69 Å². The number of benzene rings is 5. The molecule has 2 aromatic heterocycles. The van der Waals surface area contributed by atoms with Gasteiger partial charge in [-0.2, -0.15) is 0 Å². The van der Waals surface area contributed by atoms with E-state index < -0.39 is 0 Å². The van der Waals surface area contributed by atoms with Crippen molar-refractivity contribution in [2.75, 3.05) is 0 Å². The molecule has 7 rings (SSSR count). The van der Waals surface area contributed by atoms with Crippen LogP contribution in [0.25, 0.3) is 55.0 Å². The van der Waals surface area contributed by atoms with Crippen molar-refractivity contribution >= 4 is 51.3 Å². The van der Waals surface area contributed by atoms with Crippen molar-refractivity contribution in [1.82, 2.24) is 9.13 Å². The van der Waals surface area contributed by atoms with Crippen LogP contribution < -0.4 is 4.65 Å². The number of rotatable bonds is 4. The lowest BCUT2D eigenvalue weighted by molar-refractivity contribution is 0.454. The van der Waals surface area contributed by atoms with Crippen LogP contribution in [0.15, 0.2) is 115 Å². The van der Waals surface area contributed by atoms with Crippen LogP contribution in [-0.4, -0.2) is 21.8 Å². The third kappa shape index (κ3) is 2.99. The molecule has 5 heteroatoms. The lowest BCUT2D eigenvalue weighted by Crippen LogP contribution is -2.01. The Hall–Kier alpha value is -4.48. The first-order valence-electron chi connectivity index (χ1n) is 11.7. The van der Waals surface area contributed by atoms with Crippen LogP contribution >= 0.6 is 0 Å². The molecule has 7 aromatic rings. The molecular formula is C30H21BN2O2. The van der Waals surface area contributed by atoms with Gasteiger partial charge in [0, 0.05) is 39.0 Å². The standard InChI is InChI=1S/C30H21BN2O2/c34-31-35-22-12-8-11-21(17-22)33-28-16-7-5-14-24(28)26-18-25-23-13-4-6-15-27(23)32(29(25)19-30(26)33)20-9-2-1-3-10-20/h1-19,31,34H. The number of hydrogen-bond donors (Lipinski definition) is 1. The lowest BCUT2D eigenvalue weighted by atomic mass is 10.1. The molecule has 0 aliphatic carbocycles. The SMILES string of the molecule is OBOc1cccc(-n2c3ccccc3c3cc4c5ccccc5n(-c5ccccc5)c4cc32)c1. The van der Waals surface area contributed by atoms with E-state index in [1.165, 1.54) is 27.1 Å². The van der Waals surface area contributed by atoms with Crippen LogP contribution in [-0.2, 0) is 0 Å². The van der Waals surface area contributed by atoms with E-state index in [9.17, 15) is 5.02 Å². The van der Waals surface area contributed by atoms with Crippen molar-refractivity contribution in [2.45, 2.75) is 0 Å². The Labute approximate surface area is 202 Å². The number of para-hydroxylation sites is 3. The molecule has 1 N–H and O–H groups in total. The van der Waals surface area contributed by atoms with E-state index in [0.717, 1.165) is 27.9 Å². The Kier molecular flexibility index (Phi) is 4.44. The van der Waals surface area contributed by atoms with Crippen molar-refractivity contribution < 1.29 is 9.68 Å². The normalized spacial score (nSPS) is 11.6. The maximum atomic E-state index is 9.28. The zero-order valence-electron chi connectivity index (χ0n) is 18.9. The average Bonchev–Trinajstić information content (AvgIpc) is 3.40. The zero-order valence-corrected chi connectivity index (χ0v) is 18.9. The summed E-state index contributed by atoms with van der Waals surface area (Å²) >= 11 is 0. The summed E-state index contributed by atoms with van der Waals surface area (Å²) in [4.78, 5) is 0. The molecule has 0 saturated heterocycles. The van der Waals surface area contributed by atoms with Gasteiger partial charge in [-0.25, -0.2) is 0 Å². The summed E-state index contributed by atoms with van der Waals surface area (Å²) in [5, 5.41) is 14.2. The molecule has 2 heterocycles. The van der Waals surface area contributed by atoms with E-state index in [2.05, 4.69) is 106 Å². The average molecular weight is 452 g/mol. The van der Waals surface area contributed by atoms with Gasteiger partial charge in [0.1, 0.15) is 5.75 Å². The minimum Gasteiger partial charge on any atom is -0.539 e. The van der Waals surface area contributed by atoms with Crippen LogP contribution in [0.5, 0.6) is 5.75 Å². The number of fused-ring (bicyclic) bond motifs is 6. The van der Waals surface area contributed by atoms with Gasteiger partial charge >= 0.3 is 7.69 Å². The molecule has 0 amide bonds. The van der Waals surface area contributed by atoms with Gasteiger partial charge in [0.15, 0.2) is 0 Å². The summed E-state index contributed by atoms with van der Waals surface area (Å²) < 4.78 is 10.0. The second kappa shape index (κ2) is 7.79. The summed E-state index contributed by atoms with van der Waals surface area (Å²) in [7, 11) is -0.353. The van der Waals surface area contributed by atoms with Crippen LogP contribution in [0.3, 0.4) is 0 Å². The Morgan fingerprint density at radius 1 is 0.486 bits per heavy atom. The summed E-state index contributed by atoms with van der Waals surface area (Å²) in [5.41, 5.74) is 6.74. The fourth-order valence-electron chi connectivity index (χ4n) is 5.35. The van der Waals surface area contributed by atoms with Crippen LogP contribution in [0.4, 0.5) is 0 Å². The predicted octanol–water partition coefficient (Wildman–Crippen LogP) is 6.52. The van der Waals surface area contributed by atoms with Crippen molar-refractivity contribution in [3.63, 3.8) is 0 Å². The molecule has 0 fully saturated rings. The quantitative estimate of drug-likeness (QED) is 0.309. The van der Waals surface area contributed by atoms with Crippen LogP contribution in [0, 0.1) is 0 Å². The second-order valence-corrected chi connectivity index (χ2v) is 8.70. The maximum absolute atomic E-state index is 9.28. The molecule has 35 heavy (non-hydrogen) atoms. The monoisotopic (exact) mass is 452 g/mol. The molecule has 4 nitrogen and oxygen atoms in total. The minimum atomic E-state index is -0.353. The Balaban J connectivity index is 1.64. The molecule has 166 valence electrons. The molecule has 0 unspecified atom stereocenters. The summed E-state index contributed by atoms with van der Waals surface area (Å²) in [5.74, 6) is 0.635. The smallest absolute Gasteiger partial charge is 0.504 e. The first kappa shape index (κ1) is 19.9. The molecule has 0 spiro atoms. The van der Waals surface area contributed by atoms with Gasteiger partial charge in [-0.15, -0.1) is 0 Å². The van der Waals surface area contributed by atoms with Gasteiger partial charge in [0.25, 0.3) is 0 Å². The van der Waals surface area contributed by atoms with Gasteiger partial charge in [0.05, 0.1) is 22.1 Å². The van der Waals surface area contributed by atoms with E-state index in [4.69, 9.17) is 4.65 Å².